The van der Waals surface area contributed by atoms with E-state index in [1.807, 2.05) is 48.7 Å². The minimum absolute atomic E-state index is 0.298. The van der Waals surface area contributed by atoms with E-state index in [0.717, 1.165) is 36.3 Å². The van der Waals surface area contributed by atoms with Gasteiger partial charge in [-0.15, -0.1) is 0 Å². The third-order valence-electron chi connectivity index (χ3n) is 5.64. The molecule has 0 saturated carbocycles. The van der Waals surface area contributed by atoms with Crippen molar-refractivity contribution in [2.45, 2.75) is 36.6 Å². The van der Waals surface area contributed by atoms with Crippen LogP contribution >= 0.6 is 24.4 Å². The molecule has 0 bridgehead atoms. The number of rotatable bonds is 11. The minimum atomic E-state index is -1.01. The Morgan fingerprint density at radius 3 is 2.69 bits per heavy atom. The van der Waals surface area contributed by atoms with Crippen LogP contribution in [0, 0.1) is 0 Å². The van der Waals surface area contributed by atoms with E-state index in [1.165, 1.54) is 0 Å². The van der Waals surface area contributed by atoms with E-state index < -0.39 is 12.0 Å². The molecule has 1 saturated heterocycles. The second-order valence-corrected chi connectivity index (χ2v) is 9.63. The average molecular weight is 474 g/mol. The van der Waals surface area contributed by atoms with Crippen molar-refractivity contribution >= 4 is 42.0 Å². The largest absolute Gasteiger partial charge is 0.480 e. The van der Waals surface area contributed by atoms with Gasteiger partial charge in [-0.25, -0.2) is 4.79 Å². The first-order valence-electron chi connectivity index (χ1n) is 10.8. The quantitative estimate of drug-likeness (QED) is 0.322. The summed E-state index contributed by atoms with van der Waals surface area (Å²) < 4.78 is 0. The average Bonchev–Trinajstić information content (AvgIpc) is 3.20. The predicted octanol–water partition coefficient (Wildman–Crippen LogP) is 3.29. The highest BCUT2D eigenvalue weighted by molar-refractivity contribution is 7.98. The van der Waals surface area contributed by atoms with Gasteiger partial charge < -0.3 is 21.1 Å². The Balaban J connectivity index is 1.79. The monoisotopic (exact) mass is 473 g/mol. The fraction of sp³-hybridized carbons (Fsp3) is 0.417. The number of anilines is 1. The zero-order valence-electron chi connectivity index (χ0n) is 18.2. The number of amides is 1. The molecule has 1 aliphatic rings. The molecule has 2 aromatic rings. The SMILES string of the molecule is CSCC[C@H](NC(=O)c1ccc(NC[C@H]2NCC[C@@H]2S)cc1Cc1ccccc1)C(=O)O. The third kappa shape index (κ3) is 6.92. The van der Waals surface area contributed by atoms with Crippen molar-refractivity contribution in [3.05, 3.63) is 65.2 Å². The van der Waals surface area contributed by atoms with Crippen LogP contribution < -0.4 is 16.0 Å². The van der Waals surface area contributed by atoms with E-state index >= 15 is 0 Å². The molecule has 1 fully saturated rings. The van der Waals surface area contributed by atoms with Gasteiger partial charge in [-0.1, -0.05) is 30.3 Å². The molecule has 32 heavy (non-hydrogen) atoms. The molecule has 172 valence electrons. The third-order valence-corrected chi connectivity index (χ3v) is 6.90. The van der Waals surface area contributed by atoms with E-state index in [1.54, 1.807) is 17.8 Å². The molecule has 0 unspecified atom stereocenters. The maximum absolute atomic E-state index is 13.0. The van der Waals surface area contributed by atoms with E-state index in [0.29, 0.717) is 35.4 Å². The molecule has 0 aliphatic carbocycles. The smallest absolute Gasteiger partial charge is 0.326 e. The summed E-state index contributed by atoms with van der Waals surface area (Å²) >= 11 is 6.19. The van der Waals surface area contributed by atoms with E-state index in [9.17, 15) is 14.7 Å². The number of hydrogen-bond acceptors (Lipinski definition) is 6. The summed E-state index contributed by atoms with van der Waals surface area (Å²) in [4.78, 5) is 24.6. The normalized spacial score (nSPS) is 18.8. The van der Waals surface area contributed by atoms with Crippen LogP contribution in [0.2, 0.25) is 0 Å². The van der Waals surface area contributed by atoms with Gasteiger partial charge in [0.15, 0.2) is 0 Å². The van der Waals surface area contributed by atoms with E-state index in [2.05, 4.69) is 28.6 Å². The molecular weight excluding hydrogens is 442 g/mol. The molecular formula is C24H31N3O3S2. The van der Waals surface area contributed by atoms with Crippen LogP contribution in [-0.4, -0.2) is 59.4 Å². The molecule has 3 atom stereocenters. The Labute approximate surface area is 199 Å². The number of aliphatic carboxylic acids is 1. The van der Waals surface area contributed by atoms with Gasteiger partial charge in [-0.05, 0) is 67.1 Å². The highest BCUT2D eigenvalue weighted by atomic mass is 32.2. The lowest BCUT2D eigenvalue weighted by Gasteiger charge is -2.19. The van der Waals surface area contributed by atoms with Crippen LogP contribution in [-0.2, 0) is 11.2 Å². The number of nitrogens with one attached hydrogen (secondary N) is 3. The van der Waals surface area contributed by atoms with Gasteiger partial charge in [-0.2, -0.15) is 24.4 Å². The molecule has 1 heterocycles. The van der Waals surface area contributed by atoms with E-state index in [4.69, 9.17) is 0 Å². The molecule has 3 rings (SSSR count). The first-order chi connectivity index (χ1) is 15.5. The van der Waals surface area contributed by atoms with Crippen LogP contribution in [0.5, 0.6) is 0 Å². The number of carbonyl (C=O) groups is 2. The second-order valence-electron chi connectivity index (χ2n) is 7.98. The number of carboxylic acid groups (broad SMARTS) is 1. The van der Waals surface area contributed by atoms with Crippen molar-refractivity contribution in [3.8, 4) is 0 Å². The molecule has 0 aromatic heterocycles. The molecule has 1 amide bonds. The summed E-state index contributed by atoms with van der Waals surface area (Å²) in [5.41, 5.74) is 3.37. The van der Waals surface area contributed by atoms with E-state index in [-0.39, 0.29) is 5.91 Å². The zero-order valence-corrected chi connectivity index (χ0v) is 19.9. The Morgan fingerprint density at radius 2 is 2.03 bits per heavy atom. The van der Waals surface area contributed by atoms with Crippen molar-refractivity contribution in [3.63, 3.8) is 0 Å². The van der Waals surface area contributed by atoms with Crippen molar-refractivity contribution in [1.82, 2.24) is 10.6 Å². The van der Waals surface area contributed by atoms with Gasteiger partial charge in [0, 0.05) is 29.1 Å². The summed E-state index contributed by atoms with van der Waals surface area (Å²) in [6.45, 7) is 1.72. The zero-order chi connectivity index (χ0) is 22.9. The van der Waals surface area contributed by atoms with Crippen LogP contribution in [0.1, 0.15) is 34.3 Å². The van der Waals surface area contributed by atoms with Crippen LogP contribution in [0.25, 0.3) is 0 Å². The number of thiol groups is 1. The Kier molecular flexibility index (Phi) is 9.32. The van der Waals surface area contributed by atoms with Gasteiger partial charge in [0.2, 0.25) is 0 Å². The van der Waals surface area contributed by atoms with Crippen LogP contribution in [0.15, 0.2) is 48.5 Å². The number of hydrogen-bond donors (Lipinski definition) is 5. The number of carbonyl (C=O) groups excluding carboxylic acids is 1. The fourth-order valence-corrected chi connectivity index (χ4v) is 4.62. The van der Waals surface area contributed by atoms with Gasteiger partial charge in [-0.3, -0.25) is 4.79 Å². The molecule has 0 spiro atoms. The molecule has 1 aliphatic heterocycles. The lowest BCUT2D eigenvalue weighted by molar-refractivity contribution is -0.139. The van der Waals surface area contributed by atoms with Crippen molar-refractivity contribution in [2.75, 3.05) is 30.4 Å². The Morgan fingerprint density at radius 1 is 1.25 bits per heavy atom. The first-order valence-corrected chi connectivity index (χ1v) is 12.7. The molecule has 0 radical (unpaired) electrons. The van der Waals surface area contributed by atoms with Crippen molar-refractivity contribution < 1.29 is 14.7 Å². The first kappa shape index (κ1) is 24.5. The fourth-order valence-electron chi connectivity index (χ4n) is 3.81. The summed E-state index contributed by atoms with van der Waals surface area (Å²) in [6, 6.07) is 15.0. The van der Waals surface area contributed by atoms with Gasteiger partial charge >= 0.3 is 5.97 Å². The van der Waals surface area contributed by atoms with Crippen molar-refractivity contribution in [1.29, 1.82) is 0 Å². The predicted molar refractivity (Wildman–Crippen MR) is 135 cm³/mol. The van der Waals surface area contributed by atoms with Gasteiger partial charge in [0.25, 0.3) is 5.91 Å². The number of thioether (sulfide) groups is 1. The van der Waals surface area contributed by atoms with Crippen molar-refractivity contribution in [2.24, 2.45) is 0 Å². The highest BCUT2D eigenvalue weighted by Gasteiger charge is 2.24. The highest BCUT2D eigenvalue weighted by Crippen LogP contribution is 2.21. The number of benzene rings is 2. The Bertz CT molecular complexity index is 911. The van der Waals surface area contributed by atoms with Gasteiger partial charge in [0.1, 0.15) is 6.04 Å². The standard InChI is InChI=1S/C24H31N3O3S2/c1-32-12-10-20(24(29)30)27-23(28)19-8-7-18(26-15-21-22(31)9-11-25-21)14-17(19)13-16-5-3-2-4-6-16/h2-8,14,20-22,25-26,31H,9-13,15H2,1H3,(H,27,28)(H,29,30)/t20-,21+,22-/m0/s1. The minimum Gasteiger partial charge on any atom is -0.480 e. The molecule has 4 N–H and O–H groups in total. The summed E-state index contributed by atoms with van der Waals surface area (Å²) in [5.74, 6) is -0.706. The van der Waals surface area contributed by atoms with Crippen LogP contribution in [0.4, 0.5) is 5.69 Å². The lowest BCUT2D eigenvalue weighted by Crippen LogP contribution is -2.41. The van der Waals surface area contributed by atoms with Crippen LogP contribution in [0.3, 0.4) is 0 Å². The lowest BCUT2D eigenvalue weighted by atomic mass is 9.98. The molecule has 2 aromatic carbocycles. The van der Waals surface area contributed by atoms with Gasteiger partial charge in [0.05, 0.1) is 0 Å². The summed E-state index contributed by atoms with van der Waals surface area (Å²) in [5, 5.41) is 19.4. The summed E-state index contributed by atoms with van der Waals surface area (Å²) in [6.07, 6.45) is 3.93. The Hall–Kier alpha value is -2.16. The maximum Gasteiger partial charge on any atom is 0.326 e. The topological polar surface area (TPSA) is 90.5 Å². The number of carboxylic acids is 1. The molecule has 8 heteroatoms. The molecule has 6 nitrogen and oxygen atoms in total. The summed E-state index contributed by atoms with van der Waals surface area (Å²) in [7, 11) is 0. The second kappa shape index (κ2) is 12.2. The maximum atomic E-state index is 13.0.